The van der Waals surface area contributed by atoms with Gasteiger partial charge in [0.2, 0.25) is 11.8 Å². The number of hydrogen-bond acceptors (Lipinski definition) is 6. The van der Waals surface area contributed by atoms with Gasteiger partial charge in [0.25, 0.3) is 0 Å². The molecule has 0 radical (unpaired) electrons. The van der Waals surface area contributed by atoms with Crippen LogP contribution in [-0.4, -0.2) is 81.8 Å². The molecule has 1 N–H and O–H groups in total. The van der Waals surface area contributed by atoms with E-state index in [1.54, 1.807) is 11.0 Å². The molecule has 0 saturated carbocycles. The molecule has 170 valence electrons. The van der Waals surface area contributed by atoms with Gasteiger partial charge in [0.1, 0.15) is 29.8 Å². The molecule has 1 unspecified atom stereocenters. The van der Waals surface area contributed by atoms with Crippen molar-refractivity contribution in [1.82, 2.24) is 9.80 Å². The van der Waals surface area contributed by atoms with Crippen LogP contribution in [0, 0.1) is 11.8 Å². The average Bonchev–Trinajstić information content (AvgIpc) is 3.01. The zero-order chi connectivity index (χ0) is 22.6. The average molecular weight is 433 g/mol. The van der Waals surface area contributed by atoms with Crippen LogP contribution in [0.4, 0.5) is 0 Å². The fourth-order valence-corrected chi connectivity index (χ4v) is 5.82. The van der Waals surface area contributed by atoms with Crippen molar-refractivity contribution in [3.8, 4) is 0 Å². The first kappa shape index (κ1) is 22.0. The third-order valence-electron chi connectivity index (χ3n) is 7.36. The van der Waals surface area contributed by atoms with Gasteiger partial charge in [-0.05, 0) is 32.8 Å². The molecule has 0 bridgehead atoms. The maximum absolute atomic E-state index is 13.9. The number of ether oxygens (including phenoxy) is 2. The predicted molar refractivity (Wildman–Crippen MR) is 112 cm³/mol. The molecule has 8 nitrogen and oxygen atoms in total. The lowest BCUT2D eigenvalue weighted by molar-refractivity contribution is -0.161. The molecular weight excluding hydrogens is 400 g/mol. The smallest absolute Gasteiger partial charge is 0.313 e. The number of cyclic esters (lactones) is 1. The first-order valence-electron chi connectivity index (χ1n) is 11.2. The lowest BCUT2D eigenvalue weighted by Gasteiger charge is -2.41. The third kappa shape index (κ3) is 2.91. The van der Waals surface area contributed by atoms with Gasteiger partial charge in [0.15, 0.2) is 0 Å². The van der Waals surface area contributed by atoms with Gasteiger partial charge in [-0.1, -0.05) is 32.1 Å². The minimum Gasteiger partial charge on any atom is -0.461 e. The first-order chi connectivity index (χ1) is 14.8. The van der Waals surface area contributed by atoms with Gasteiger partial charge in [-0.25, -0.2) is 0 Å². The Morgan fingerprint density at radius 1 is 1.13 bits per heavy atom. The monoisotopic (exact) mass is 432 g/mol. The second kappa shape index (κ2) is 7.74. The van der Waals surface area contributed by atoms with Gasteiger partial charge in [0.05, 0.1) is 18.6 Å². The summed E-state index contributed by atoms with van der Waals surface area (Å²) in [5.74, 6) is -2.77. The lowest BCUT2D eigenvalue weighted by atomic mass is 9.73. The molecule has 2 fully saturated rings. The molecule has 4 heterocycles. The molecule has 0 aliphatic carbocycles. The van der Waals surface area contributed by atoms with Crippen molar-refractivity contribution in [1.29, 1.82) is 0 Å². The number of carbonyl (C=O) groups excluding carboxylic acids is 3. The summed E-state index contributed by atoms with van der Waals surface area (Å²) in [5, 5.41) is 10.0. The zero-order valence-electron chi connectivity index (χ0n) is 18.6. The second-order valence-electron chi connectivity index (χ2n) is 9.13. The Hall–Kier alpha value is -2.19. The highest BCUT2D eigenvalue weighted by atomic mass is 16.6. The Balaban J connectivity index is 1.94. The summed E-state index contributed by atoms with van der Waals surface area (Å²) in [6.45, 7) is 7.90. The Bertz CT molecular complexity index is 834. The maximum atomic E-state index is 13.9. The molecule has 8 heteroatoms. The first-order valence-corrected chi connectivity index (χ1v) is 11.2. The molecule has 0 aromatic rings. The summed E-state index contributed by atoms with van der Waals surface area (Å²) >= 11 is 0. The van der Waals surface area contributed by atoms with E-state index in [4.69, 9.17) is 9.47 Å². The number of aliphatic hydroxyl groups excluding tert-OH is 1. The van der Waals surface area contributed by atoms with Crippen LogP contribution in [0.2, 0.25) is 0 Å². The number of nitrogens with zero attached hydrogens (tertiary/aromatic N) is 2. The van der Waals surface area contributed by atoms with Crippen LogP contribution in [0.15, 0.2) is 24.3 Å². The van der Waals surface area contributed by atoms with E-state index in [1.165, 1.54) is 4.90 Å². The quantitative estimate of drug-likeness (QED) is 0.515. The molecule has 4 aliphatic rings. The number of hydrogen-bond donors (Lipinski definition) is 1. The predicted octanol–water partition coefficient (Wildman–Crippen LogP) is 1.04. The van der Waals surface area contributed by atoms with Crippen LogP contribution in [0.3, 0.4) is 0 Å². The summed E-state index contributed by atoms with van der Waals surface area (Å²) in [6, 6.07) is -1.56. The Labute approximate surface area is 182 Å². The molecular formula is C23H32N2O6. The number of carbonyl (C=O) groups is 3. The number of esters is 1. The van der Waals surface area contributed by atoms with Crippen molar-refractivity contribution in [2.45, 2.75) is 69.9 Å². The zero-order valence-corrected chi connectivity index (χ0v) is 18.6. The van der Waals surface area contributed by atoms with Gasteiger partial charge in [-0.2, -0.15) is 0 Å². The fourth-order valence-electron chi connectivity index (χ4n) is 5.82. The molecule has 31 heavy (non-hydrogen) atoms. The molecule has 2 saturated heterocycles. The SMILES string of the molecule is CC[C@@H](CO)N1C(=O)[C@@H]2[C@@H]3C(=O)OCC=C[C@]3(CC)O[C@@]23C=CCN(C(C)C)C(=O)C13. The topological polar surface area (TPSA) is 96.4 Å². The molecule has 0 aromatic carbocycles. The molecule has 2 amide bonds. The van der Waals surface area contributed by atoms with Gasteiger partial charge < -0.3 is 24.4 Å². The van der Waals surface area contributed by atoms with Crippen LogP contribution >= 0.6 is 0 Å². The highest BCUT2D eigenvalue weighted by Crippen LogP contribution is 2.58. The summed E-state index contributed by atoms with van der Waals surface area (Å²) in [7, 11) is 0. The van der Waals surface area contributed by atoms with Crippen LogP contribution in [0.5, 0.6) is 0 Å². The van der Waals surface area contributed by atoms with E-state index < -0.39 is 41.1 Å². The van der Waals surface area contributed by atoms with Crippen molar-refractivity contribution < 1.29 is 29.0 Å². The normalized spacial score (nSPS) is 38.0. The van der Waals surface area contributed by atoms with Crippen LogP contribution in [0.25, 0.3) is 0 Å². The minimum atomic E-state index is -1.29. The Morgan fingerprint density at radius 2 is 1.87 bits per heavy atom. The number of amides is 2. The van der Waals surface area contributed by atoms with E-state index in [1.807, 2.05) is 45.9 Å². The second-order valence-corrected chi connectivity index (χ2v) is 9.13. The third-order valence-corrected chi connectivity index (χ3v) is 7.36. The number of fused-ring (bicyclic) bond motifs is 2. The van der Waals surface area contributed by atoms with Gasteiger partial charge >= 0.3 is 5.97 Å². The van der Waals surface area contributed by atoms with Gasteiger partial charge in [0, 0.05) is 12.6 Å². The van der Waals surface area contributed by atoms with E-state index in [2.05, 4.69) is 0 Å². The van der Waals surface area contributed by atoms with Crippen molar-refractivity contribution in [3.63, 3.8) is 0 Å². The maximum Gasteiger partial charge on any atom is 0.313 e. The number of aliphatic hydroxyl groups is 1. The van der Waals surface area contributed by atoms with E-state index in [-0.39, 0.29) is 31.1 Å². The molecule has 1 spiro atoms. The summed E-state index contributed by atoms with van der Waals surface area (Å²) < 4.78 is 12.1. The highest BCUT2D eigenvalue weighted by molar-refractivity contribution is 5.99. The van der Waals surface area contributed by atoms with E-state index in [9.17, 15) is 19.5 Å². The number of likely N-dealkylation sites (tertiary alicyclic amines) is 1. The number of rotatable bonds is 5. The van der Waals surface area contributed by atoms with Crippen molar-refractivity contribution in [2.75, 3.05) is 19.8 Å². The molecule has 6 atom stereocenters. The minimum absolute atomic E-state index is 0.0746. The highest BCUT2D eigenvalue weighted by Gasteiger charge is 2.76. The molecule has 0 aromatic heterocycles. The molecule has 4 rings (SSSR count). The van der Waals surface area contributed by atoms with E-state index in [0.717, 1.165) is 0 Å². The Kier molecular flexibility index (Phi) is 5.50. The van der Waals surface area contributed by atoms with Gasteiger partial charge in [-0.3, -0.25) is 14.4 Å². The van der Waals surface area contributed by atoms with E-state index in [0.29, 0.717) is 19.4 Å². The van der Waals surface area contributed by atoms with Crippen molar-refractivity contribution in [3.05, 3.63) is 24.3 Å². The summed E-state index contributed by atoms with van der Waals surface area (Å²) in [6.07, 6.45) is 8.21. The van der Waals surface area contributed by atoms with Crippen LogP contribution in [0.1, 0.15) is 40.5 Å². The van der Waals surface area contributed by atoms with Crippen LogP contribution in [-0.2, 0) is 23.9 Å². The van der Waals surface area contributed by atoms with Crippen molar-refractivity contribution in [2.24, 2.45) is 11.8 Å². The summed E-state index contributed by atoms with van der Waals surface area (Å²) in [4.78, 5) is 44.0. The fraction of sp³-hybridized carbons (Fsp3) is 0.696. The van der Waals surface area contributed by atoms with E-state index >= 15 is 0 Å². The summed E-state index contributed by atoms with van der Waals surface area (Å²) in [5.41, 5.74) is -2.31. The largest absolute Gasteiger partial charge is 0.461 e. The standard InChI is InChI=1S/C23H32N2O6/c1-5-15(13-26)25-18-20(28)24(14(3)4)11-7-10-23(18)16(19(25)27)17-21(29)30-12-8-9-22(17,6-2)31-23/h7-10,14-18,26H,5-6,11-13H2,1-4H3/t15-,16-,17+,18?,22-,23-/m0/s1. The molecule has 4 aliphatic heterocycles. The van der Waals surface area contributed by atoms with Gasteiger partial charge in [-0.15, -0.1) is 0 Å². The lowest BCUT2D eigenvalue weighted by Crippen LogP contribution is -2.59. The van der Waals surface area contributed by atoms with Crippen molar-refractivity contribution >= 4 is 17.8 Å². The van der Waals surface area contributed by atoms with Crippen LogP contribution < -0.4 is 0 Å². The Morgan fingerprint density at radius 3 is 2.48 bits per heavy atom.